The highest BCUT2D eigenvalue weighted by molar-refractivity contribution is 6.01. The van der Waals surface area contributed by atoms with E-state index in [0.29, 0.717) is 0 Å². The molecule has 1 fully saturated rings. The Kier molecular flexibility index (Phi) is 2.85. The topological polar surface area (TPSA) is 12.4 Å². The van der Waals surface area contributed by atoms with Gasteiger partial charge in [0.1, 0.15) is 0 Å². The van der Waals surface area contributed by atoms with Crippen LogP contribution in [0.2, 0.25) is 0 Å². The maximum Gasteiger partial charge on any atom is 0.0434 e. The highest BCUT2D eigenvalue weighted by Gasteiger charge is 2.16. The molecule has 0 atom stereocenters. The maximum absolute atomic E-state index is 4.63. The second-order valence-corrected chi connectivity index (χ2v) is 4.52. The predicted octanol–water partition coefficient (Wildman–Crippen LogP) is 4.02. The summed E-state index contributed by atoms with van der Waals surface area (Å²) in [5, 5.41) is 0. The number of fused-ring (bicyclic) bond motifs is 1. The smallest absolute Gasteiger partial charge is 0.0434 e. The molecule has 0 bridgehead atoms. The zero-order valence-electron chi connectivity index (χ0n) is 9.27. The van der Waals surface area contributed by atoms with E-state index < -0.39 is 0 Å². The zero-order valence-corrected chi connectivity index (χ0v) is 9.27. The first-order valence-electron chi connectivity index (χ1n) is 5.68. The summed E-state index contributed by atoms with van der Waals surface area (Å²) < 4.78 is 0. The molecule has 1 aliphatic carbocycles. The van der Waals surface area contributed by atoms with Gasteiger partial charge in [-0.1, -0.05) is 11.1 Å². The van der Waals surface area contributed by atoms with Crippen LogP contribution >= 0.6 is 0 Å². The Morgan fingerprint density at radius 2 is 1.79 bits per heavy atom. The number of hydrogen-bond donors (Lipinski definition) is 0. The molecule has 1 heterocycles. The van der Waals surface area contributed by atoms with E-state index in [2.05, 4.69) is 25.0 Å². The van der Waals surface area contributed by atoms with Crippen LogP contribution in [0.25, 0.3) is 0 Å². The van der Waals surface area contributed by atoms with Crippen LogP contribution in [0.5, 0.6) is 0 Å². The van der Waals surface area contributed by atoms with Crippen LogP contribution in [-0.2, 0) is 0 Å². The summed E-state index contributed by atoms with van der Waals surface area (Å²) in [7, 11) is 0. The summed E-state index contributed by atoms with van der Waals surface area (Å²) in [6.07, 6.45) is 9.63. The van der Waals surface area contributed by atoms with Gasteiger partial charge in [-0.15, -0.1) is 0 Å². The quantitative estimate of drug-likeness (QED) is 0.546. The minimum atomic E-state index is 1.19. The summed E-state index contributed by atoms with van der Waals surface area (Å²) in [4.78, 5) is 4.63. The molecule has 0 radical (unpaired) electrons. The van der Waals surface area contributed by atoms with Gasteiger partial charge >= 0.3 is 0 Å². The molecule has 0 N–H and O–H groups in total. The number of rotatable bonds is 0. The minimum absolute atomic E-state index is 1.19. The third kappa shape index (κ3) is 1.97. The minimum Gasteiger partial charge on any atom is -0.261 e. The monoisotopic (exact) mass is 189 g/mol. The highest BCUT2D eigenvalue weighted by atomic mass is 14.7. The molecule has 0 unspecified atom stereocenters. The lowest BCUT2D eigenvalue weighted by Gasteiger charge is -2.21. The third-order valence-corrected chi connectivity index (χ3v) is 3.29. The molecular weight excluding hydrogens is 170 g/mol. The largest absolute Gasteiger partial charge is 0.261 e. The SMILES string of the molecule is CC1=C2CCCCC2=N/C=C(/C)CC1. The normalized spacial score (nSPS) is 27.0. The van der Waals surface area contributed by atoms with E-state index in [1.165, 1.54) is 49.8 Å². The van der Waals surface area contributed by atoms with Crippen molar-refractivity contribution in [3.05, 3.63) is 22.9 Å². The van der Waals surface area contributed by atoms with Crippen LogP contribution in [0, 0.1) is 0 Å². The average Bonchev–Trinajstić information content (AvgIpc) is 2.21. The number of hydrogen-bond acceptors (Lipinski definition) is 1. The lowest BCUT2D eigenvalue weighted by molar-refractivity contribution is 0.719. The van der Waals surface area contributed by atoms with Crippen molar-refractivity contribution >= 4 is 5.71 Å². The van der Waals surface area contributed by atoms with Crippen LogP contribution in [0.3, 0.4) is 0 Å². The lowest BCUT2D eigenvalue weighted by Crippen LogP contribution is -2.12. The van der Waals surface area contributed by atoms with Gasteiger partial charge in [-0.25, -0.2) is 0 Å². The highest BCUT2D eigenvalue weighted by Crippen LogP contribution is 2.28. The number of nitrogens with zero attached hydrogens (tertiary/aromatic N) is 1. The van der Waals surface area contributed by atoms with Gasteiger partial charge in [-0.2, -0.15) is 0 Å². The molecule has 0 spiro atoms. The first-order valence-corrected chi connectivity index (χ1v) is 5.68. The molecule has 1 nitrogen and oxygen atoms in total. The molecule has 0 amide bonds. The Morgan fingerprint density at radius 1 is 1.00 bits per heavy atom. The maximum atomic E-state index is 4.63. The molecule has 0 aromatic carbocycles. The van der Waals surface area contributed by atoms with Crippen LogP contribution in [-0.4, -0.2) is 5.71 Å². The van der Waals surface area contributed by atoms with Crippen LogP contribution in [0.1, 0.15) is 52.4 Å². The first-order chi connectivity index (χ1) is 6.77. The molecule has 76 valence electrons. The predicted molar refractivity (Wildman–Crippen MR) is 61.6 cm³/mol. The molecule has 2 aliphatic rings. The standard InChI is InChI=1S/C13H19N/c1-10-7-8-11(2)12-5-3-4-6-13(12)14-9-10/h9H,3-8H2,1-2H3/b10-9-,12-11?,14-13?. The Labute approximate surface area is 86.6 Å². The van der Waals surface area contributed by atoms with Crippen molar-refractivity contribution in [1.29, 1.82) is 0 Å². The van der Waals surface area contributed by atoms with Crippen molar-refractivity contribution < 1.29 is 0 Å². The third-order valence-electron chi connectivity index (χ3n) is 3.29. The number of aliphatic imine (C=N–C) groups is 1. The summed E-state index contributed by atoms with van der Waals surface area (Å²) in [6, 6.07) is 0. The molecule has 1 aliphatic heterocycles. The van der Waals surface area contributed by atoms with Crippen molar-refractivity contribution in [1.82, 2.24) is 0 Å². The second-order valence-electron chi connectivity index (χ2n) is 4.52. The average molecular weight is 189 g/mol. The summed E-state index contributed by atoms with van der Waals surface area (Å²) in [5.74, 6) is 0. The van der Waals surface area contributed by atoms with Gasteiger partial charge in [-0.3, -0.25) is 4.99 Å². The van der Waals surface area contributed by atoms with Crippen molar-refractivity contribution in [3.8, 4) is 0 Å². The van der Waals surface area contributed by atoms with E-state index >= 15 is 0 Å². The molecule has 0 aromatic rings. The Morgan fingerprint density at radius 3 is 2.64 bits per heavy atom. The Hall–Kier alpha value is -0.850. The van der Waals surface area contributed by atoms with Crippen LogP contribution in [0.15, 0.2) is 27.9 Å². The van der Waals surface area contributed by atoms with Crippen molar-refractivity contribution in [2.24, 2.45) is 4.99 Å². The second kappa shape index (κ2) is 4.12. The van der Waals surface area contributed by atoms with Crippen LogP contribution in [0.4, 0.5) is 0 Å². The fourth-order valence-corrected chi connectivity index (χ4v) is 2.28. The lowest BCUT2D eigenvalue weighted by atomic mass is 9.87. The van der Waals surface area contributed by atoms with Gasteiger partial charge in [0, 0.05) is 11.9 Å². The zero-order chi connectivity index (χ0) is 9.97. The molecule has 1 saturated carbocycles. The first kappa shape index (κ1) is 9.70. The Bertz CT molecular complexity index is 318. The van der Waals surface area contributed by atoms with E-state index in [0.717, 1.165) is 0 Å². The molecule has 1 heteroatoms. The van der Waals surface area contributed by atoms with Gasteiger partial charge < -0.3 is 0 Å². The van der Waals surface area contributed by atoms with Gasteiger partial charge in [0.15, 0.2) is 0 Å². The van der Waals surface area contributed by atoms with Gasteiger partial charge in [0.2, 0.25) is 0 Å². The van der Waals surface area contributed by atoms with Crippen molar-refractivity contribution in [2.45, 2.75) is 52.4 Å². The summed E-state index contributed by atoms with van der Waals surface area (Å²) >= 11 is 0. The van der Waals surface area contributed by atoms with Gasteiger partial charge in [0.05, 0.1) is 0 Å². The fraction of sp³-hybridized carbons (Fsp3) is 0.615. The summed E-state index contributed by atoms with van der Waals surface area (Å²) in [6.45, 7) is 4.47. The molecular formula is C13H19N. The molecule has 0 aromatic heterocycles. The van der Waals surface area contributed by atoms with E-state index in [1.807, 2.05) is 0 Å². The molecule has 14 heavy (non-hydrogen) atoms. The molecule has 2 rings (SSSR count). The number of allylic oxidation sites excluding steroid dienone is 3. The van der Waals surface area contributed by atoms with E-state index in [-0.39, 0.29) is 0 Å². The van der Waals surface area contributed by atoms with Gasteiger partial charge in [-0.05, 0) is 57.9 Å². The van der Waals surface area contributed by atoms with E-state index in [9.17, 15) is 0 Å². The Balaban J connectivity index is 2.35. The molecule has 0 saturated heterocycles. The summed E-state index contributed by atoms with van der Waals surface area (Å²) in [5.41, 5.74) is 5.94. The van der Waals surface area contributed by atoms with E-state index in [4.69, 9.17) is 0 Å². The fourth-order valence-electron chi connectivity index (χ4n) is 2.28. The van der Waals surface area contributed by atoms with Crippen molar-refractivity contribution in [2.75, 3.05) is 0 Å². The van der Waals surface area contributed by atoms with E-state index in [1.54, 1.807) is 11.1 Å². The van der Waals surface area contributed by atoms with Crippen molar-refractivity contribution in [3.63, 3.8) is 0 Å². The van der Waals surface area contributed by atoms with Crippen LogP contribution < -0.4 is 0 Å². The van der Waals surface area contributed by atoms with Gasteiger partial charge in [0.25, 0.3) is 0 Å².